The highest BCUT2D eigenvalue weighted by atomic mass is 16.6. The van der Waals surface area contributed by atoms with Crippen molar-refractivity contribution in [3.8, 4) is 0 Å². The number of nitrogens with one attached hydrogen (secondary N) is 1. The summed E-state index contributed by atoms with van der Waals surface area (Å²) in [5.74, 6) is 0. The third-order valence-corrected chi connectivity index (χ3v) is 4.66. The monoisotopic (exact) mass is 346 g/mol. The molecule has 1 N–H and O–H groups in total. The van der Waals surface area contributed by atoms with Crippen molar-refractivity contribution in [1.82, 2.24) is 10.2 Å². The highest BCUT2D eigenvalue weighted by molar-refractivity contribution is 5.71. The quantitative estimate of drug-likeness (QED) is 0.910. The number of benzene rings is 1. The SMILES string of the molecule is CC(C)(C)OC(=O)N1[C@H]2CC[C@H]1[C@@H](NC(=O)OCc1ccccc1)C2. The van der Waals surface area contributed by atoms with Crippen LogP contribution in [0.5, 0.6) is 0 Å². The van der Waals surface area contributed by atoms with E-state index < -0.39 is 11.7 Å². The number of rotatable bonds is 3. The maximum atomic E-state index is 12.4. The molecule has 0 unspecified atom stereocenters. The van der Waals surface area contributed by atoms with Crippen LogP contribution in [0.2, 0.25) is 0 Å². The van der Waals surface area contributed by atoms with Crippen molar-refractivity contribution < 1.29 is 19.1 Å². The highest BCUT2D eigenvalue weighted by Gasteiger charge is 2.50. The van der Waals surface area contributed by atoms with Crippen LogP contribution in [-0.2, 0) is 16.1 Å². The second-order valence-electron chi connectivity index (χ2n) is 7.73. The number of hydrogen-bond acceptors (Lipinski definition) is 4. The van der Waals surface area contributed by atoms with Crippen molar-refractivity contribution >= 4 is 12.2 Å². The van der Waals surface area contributed by atoms with Gasteiger partial charge < -0.3 is 19.7 Å². The number of ether oxygens (including phenoxy) is 2. The lowest BCUT2D eigenvalue weighted by Crippen LogP contribution is -2.46. The van der Waals surface area contributed by atoms with Crippen molar-refractivity contribution in [3.63, 3.8) is 0 Å². The molecule has 6 nitrogen and oxygen atoms in total. The molecule has 0 aromatic heterocycles. The Labute approximate surface area is 148 Å². The van der Waals surface area contributed by atoms with Gasteiger partial charge in [-0.1, -0.05) is 30.3 Å². The maximum Gasteiger partial charge on any atom is 0.410 e. The Hall–Kier alpha value is -2.24. The predicted molar refractivity (Wildman–Crippen MR) is 93.1 cm³/mol. The summed E-state index contributed by atoms with van der Waals surface area (Å²) in [4.78, 5) is 26.3. The molecule has 1 aromatic carbocycles. The molecular formula is C19H26N2O4. The lowest BCUT2D eigenvalue weighted by Gasteiger charge is -2.28. The van der Waals surface area contributed by atoms with E-state index in [1.54, 1.807) is 4.90 Å². The first-order valence-electron chi connectivity index (χ1n) is 8.82. The van der Waals surface area contributed by atoms with E-state index in [2.05, 4.69) is 5.32 Å². The topological polar surface area (TPSA) is 67.9 Å². The van der Waals surface area contributed by atoms with E-state index in [0.717, 1.165) is 24.8 Å². The number of hydrogen-bond donors (Lipinski definition) is 1. The van der Waals surface area contributed by atoms with Crippen LogP contribution in [0.15, 0.2) is 30.3 Å². The Morgan fingerprint density at radius 2 is 1.92 bits per heavy atom. The summed E-state index contributed by atoms with van der Waals surface area (Å²) in [6, 6.07) is 9.61. The van der Waals surface area contributed by atoms with E-state index in [9.17, 15) is 9.59 Å². The van der Waals surface area contributed by atoms with Crippen LogP contribution in [0.4, 0.5) is 9.59 Å². The van der Waals surface area contributed by atoms with Gasteiger partial charge in [0.15, 0.2) is 0 Å². The molecule has 136 valence electrons. The Morgan fingerprint density at radius 1 is 1.20 bits per heavy atom. The Kier molecular flexibility index (Phi) is 4.88. The van der Waals surface area contributed by atoms with E-state index in [0.29, 0.717) is 0 Å². The standard InChI is InChI=1S/C19H26N2O4/c1-19(2,3)25-18(23)21-14-9-10-16(21)15(11-14)20-17(22)24-12-13-7-5-4-6-8-13/h4-8,14-16H,9-12H2,1-3H3,(H,20,22)/t14-,15-,16-/m0/s1. The van der Waals surface area contributed by atoms with Crippen LogP contribution in [0.1, 0.15) is 45.6 Å². The molecule has 2 aliphatic heterocycles. The largest absolute Gasteiger partial charge is 0.445 e. The number of amides is 2. The van der Waals surface area contributed by atoms with Gasteiger partial charge in [-0.25, -0.2) is 9.59 Å². The Morgan fingerprint density at radius 3 is 2.60 bits per heavy atom. The van der Waals surface area contributed by atoms with Gasteiger partial charge in [0.05, 0.1) is 12.1 Å². The summed E-state index contributed by atoms with van der Waals surface area (Å²) in [5, 5.41) is 2.92. The van der Waals surface area contributed by atoms with Gasteiger partial charge in [0, 0.05) is 6.04 Å². The van der Waals surface area contributed by atoms with Gasteiger partial charge in [0.2, 0.25) is 0 Å². The molecule has 2 amide bonds. The fourth-order valence-corrected chi connectivity index (χ4v) is 3.66. The Balaban J connectivity index is 1.52. The first-order chi connectivity index (χ1) is 11.8. The van der Waals surface area contributed by atoms with Crippen LogP contribution < -0.4 is 5.32 Å². The van der Waals surface area contributed by atoms with Gasteiger partial charge in [-0.05, 0) is 45.6 Å². The minimum absolute atomic E-state index is 0.0101. The summed E-state index contributed by atoms with van der Waals surface area (Å²) in [7, 11) is 0. The van der Waals surface area contributed by atoms with Gasteiger partial charge >= 0.3 is 12.2 Å². The van der Waals surface area contributed by atoms with Crippen LogP contribution >= 0.6 is 0 Å². The zero-order valence-corrected chi connectivity index (χ0v) is 15.0. The molecule has 3 atom stereocenters. The molecule has 6 heteroatoms. The zero-order valence-electron chi connectivity index (χ0n) is 15.0. The summed E-state index contributed by atoms with van der Waals surface area (Å²) in [5.41, 5.74) is 0.428. The average molecular weight is 346 g/mol. The third-order valence-electron chi connectivity index (χ3n) is 4.66. The summed E-state index contributed by atoms with van der Waals surface area (Å²) >= 11 is 0. The molecule has 2 saturated heterocycles. The molecule has 0 aliphatic carbocycles. The van der Waals surface area contributed by atoms with E-state index in [4.69, 9.17) is 9.47 Å². The zero-order chi connectivity index (χ0) is 18.0. The van der Waals surface area contributed by atoms with E-state index in [1.165, 1.54) is 0 Å². The van der Waals surface area contributed by atoms with E-state index in [-0.39, 0.29) is 30.8 Å². The first-order valence-corrected chi connectivity index (χ1v) is 8.82. The van der Waals surface area contributed by atoms with Crippen molar-refractivity contribution in [3.05, 3.63) is 35.9 Å². The predicted octanol–water partition coefficient (Wildman–Crippen LogP) is 3.45. The molecule has 0 radical (unpaired) electrons. The maximum absolute atomic E-state index is 12.4. The van der Waals surface area contributed by atoms with Crippen molar-refractivity contribution in [2.45, 2.75) is 70.4 Å². The van der Waals surface area contributed by atoms with Gasteiger partial charge in [-0.3, -0.25) is 0 Å². The normalized spacial score (nSPS) is 24.9. The number of nitrogens with zero attached hydrogens (tertiary/aromatic N) is 1. The minimum atomic E-state index is -0.517. The molecule has 25 heavy (non-hydrogen) atoms. The third kappa shape index (κ3) is 4.24. The molecule has 0 spiro atoms. The molecule has 2 fully saturated rings. The van der Waals surface area contributed by atoms with Crippen LogP contribution in [-0.4, -0.2) is 40.8 Å². The lowest BCUT2D eigenvalue weighted by atomic mass is 9.96. The van der Waals surface area contributed by atoms with Gasteiger partial charge in [-0.15, -0.1) is 0 Å². The van der Waals surface area contributed by atoms with Gasteiger partial charge in [0.25, 0.3) is 0 Å². The second-order valence-corrected chi connectivity index (χ2v) is 7.73. The minimum Gasteiger partial charge on any atom is -0.445 e. The van der Waals surface area contributed by atoms with E-state index >= 15 is 0 Å². The summed E-state index contributed by atoms with van der Waals surface area (Å²) < 4.78 is 10.8. The van der Waals surface area contributed by atoms with Crippen molar-refractivity contribution in [1.29, 1.82) is 0 Å². The van der Waals surface area contributed by atoms with E-state index in [1.807, 2.05) is 51.1 Å². The van der Waals surface area contributed by atoms with Crippen LogP contribution in [0.25, 0.3) is 0 Å². The fourth-order valence-electron chi connectivity index (χ4n) is 3.66. The van der Waals surface area contributed by atoms with Gasteiger partial charge in [-0.2, -0.15) is 0 Å². The van der Waals surface area contributed by atoms with Crippen molar-refractivity contribution in [2.24, 2.45) is 0 Å². The number of carbonyl (C=O) groups excluding carboxylic acids is 2. The Bertz CT molecular complexity index is 626. The van der Waals surface area contributed by atoms with Gasteiger partial charge in [0.1, 0.15) is 12.2 Å². The van der Waals surface area contributed by atoms with Crippen molar-refractivity contribution in [2.75, 3.05) is 0 Å². The van der Waals surface area contributed by atoms with Crippen LogP contribution in [0, 0.1) is 0 Å². The summed E-state index contributed by atoms with van der Waals surface area (Å²) in [6.45, 7) is 5.82. The smallest absolute Gasteiger partial charge is 0.410 e. The van der Waals surface area contributed by atoms with Crippen LogP contribution in [0.3, 0.4) is 0 Å². The molecule has 2 bridgehead atoms. The number of alkyl carbamates (subject to hydrolysis) is 1. The summed E-state index contributed by atoms with van der Waals surface area (Å²) in [6.07, 6.45) is 1.87. The number of carbonyl (C=O) groups is 2. The molecule has 1 aromatic rings. The average Bonchev–Trinajstić information content (AvgIpc) is 3.10. The number of fused-ring (bicyclic) bond motifs is 2. The lowest BCUT2D eigenvalue weighted by molar-refractivity contribution is 0.0209. The molecule has 2 aliphatic rings. The highest BCUT2D eigenvalue weighted by Crippen LogP contribution is 2.38. The molecular weight excluding hydrogens is 320 g/mol. The second kappa shape index (κ2) is 6.94. The molecule has 0 saturated carbocycles. The fraction of sp³-hybridized carbons (Fsp3) is 0.579. The molecule has 3 rings (SSSR count). The first kappa shape index (κ1) is 17.6. The molecule has 2 heterocycles.